The quantitative estimate of drug-likeness (QED) is 0.396. The Balaban J connectivity index is 2.73. The van der Waals surface area contributed by atoms with Gasteiger partial charge in [0.25, 0.3) is 0 Å². The van der Waals surface area contributed by atoms with Crippen LogP contribution < -0.4 is 0 Å². The second kappa shape index (κ2) is 4.65. The van der Waals surface area contributed by atoms with E-state index in [1.54, 1.807) is 6.08 Å². The summed E-state index contributed by atoms with van der Waals surface area (Å²) >= 11 is 0. The molecule has 0 saturated carbocycles. The molecule has 0 aromatic carbocycles. The molecular weight excluding hydrogens is 188 g/mol. The molecule has 15 heavy (non-hydrogen) atoms. The molecule has 0 heterocycles. The van der Waals surface area contributed by atoms with Crippen LogP contribution in [0.2, 0.25) is 0 Å². The summed E-state index contributed by atoms with van der Waals surface area (Å²) in [6, 6.07) is 0. The van der Waals surface area contributed by atoms with Crippen LogP contribution in [0.5, 0.6) is 0 Å². The smallest absolute Gasteiger partial charge is 0.330 e. The molecule has 2 atom stereocenters. The Morgan fingerprint density at radius 2 is 2.20 bits per heavy atom. The third-order valence-corrected chi connectivity index (χ3v) is 2.88. The first kappa shape index (κ1) is 12.0. The molecule has 0 N–H and O–H groups in total. The molecule has 0 saturated heterocycles. The van der Waals surface area contributed by atoms with Crippen molar-refractivity contribution in [3.05, 3.63) is 24.3 Å². The van der Waals surface area contributed by atoms with Crippen molar-refractivity contribution in [2.24, 2.45) is 11.3 Å². The third-order valence-electron chi connectivity index (χ3n) is 2.88. The molecule has 0 radical (unpaired) electrons. The number of hydrogen-bond donors (Lipinski definition) is 0. The lowest BCUT2D eigenvalue weighted by Gasteiger charge is -2.38. The minimum Gasteiger partial charge on any atom is -0.458 e. The van der Waals surface area contributed by atoms with Crippen LogP contribution >= 0.6 is 0 Å². The first-order valence-electron chi connectivity index (χ1n) is 5.47. The predicted molar refractivity (Wildman–Crippen MR) is 61.4 cm³/mol. The van der Waals surface area contributed by atoms with Crippen molar-refractivity contribution in [1.29, 1.82) is 0 Å². The maximum Gasteiger partial charge on any atom is 0.330 e. The molecule has 2 nitrogen and oxygen atoms in total. The van der Waals surface area contributed by atoms with Gasteiger partial charge in [0.2, 0.25) is 0 Å². The molecule has 1 aliphatic rings. The van der Waals surface area contributed by atoms with E-state index < -0.39 is 0 Å². The third kappa shape index (κ3) is 2.95. The summed E-state index contributed by atoms with van der Waals surface area (Å²) in [5.74, 6) is 0.0562. The molecule has 0 spiro atoms. The molecule has 0 fully saturated rings. The molecule has 2 heteroatoms. The van der Waals surface area contributed by atoms with Crippen LogP contribution in [-0.2, 0) is 9.53 Å². The van der Waals surface area contributed by atoms with Gasteiger partial charge in [-0.05, 0) is 13.3 Å². The van der Waals surface area contributed by atoms with E-state index in [1.165, 1.54) is 6.08 Å². The van der Waals surface area contributed by atoms with E-state index in [1.807, 2.05) is 6.92 Å². The van der Waals surface area contributed by atoms with Crippen LogP contribution in [-0.4, -0.2) is 12.1 Å². The van der Waals surface area contributed by atoms with Gasteiger partial charge in [0.05, 0.1) is 0 Å². The fourth-order valence-electron chi connectivity index (χ4n) is 2.08. The summed E-state index contributed by atoms with van der Waals surface area (Å²) in [6.07, 6.45) is 8.42. The van der Waals surface area contributed by atoms with Gasteiger partial charge < -0.3 is 4.74 Å². The van der Waals surface area contributed by atoms with Crippen LogP contribution in [0, 0.1) is 11.3 Å². The van der Waals surface area contributed by atoms with Gasteiger partial charge in [0.15, 0.2) is 0 Å². The topological polar surface area (TPSA) is 26.3 Å². The number of hydrogen-bond acceptors (Lipinski definition) is 2. The summed E-state index contributed by atoms with van der Waals surface area (Å²) < 4.78 is 5.48. The van der Waals surface area contributed by atoms with E-state index in [9.17, 15) is 4.79 Å². The number of rotatable bonds is 2. The zero-order valence-corrected chi connectivity index (χ0v) is 9.99. The summed E-state index contributed by atoms with van der Waals surface area (Å²) in [6.45, 7) is 8.18. The Kier molecular flexibility index (Phi) is 3.72. The van der Waals surface area contributed by atoms with Gasteiger partial charge in [-0.3, -0.25) is 0 Å². The Morgan fingerprint density at radius 3 is 2.73 bits per heavy atom. The van der Waals surface area contributed by atoms with Crippen LogP contribution in [0.4, 0.5) is 0 Å². The molecule has 0 aromatic rings. The van der Waals surface area contributed by atoms with Crippen LogP contribution in [0.25, 0.3) is 0 Å². The highest BCUT2D eigenvalue weighted by molar-refractivity contribution is 5.82. The lowest BCUT2D eigenvalue weighted by molar-refractivity contribution is -0.152. The van der Waals surface area contributed by atoms with Crippen molar-refractivity contribution in [3.8, 4) is 0 Å². The van der Waals surface area contributed by atoms with E-state index in [0.29, 0.717) is 5.92 Å². The minimum absolute atomic E-state index is 0.0220. The normalized spacial score (nSPS) is 29.3. The summed E-state index contributed by atoms with van der Waals surface area (Å²) in [5, 5.41) is 0. The van der Waals surface area contributed by atoms with Gasteiger partial charge in [0.1, 0.15) is 6.10 Å². The van der Waals surface area contributed by atoms with Crippen molar-refractivity contribution in [3.63, 3.8) is 0 Å². The van der Waals surface area contributed by atoms with Gasteiger partial charge >= 0.3 is 5.97 Å². The highest BCUT2D eigenvalue weighted by atomic mass is 16.5. The molecule has 0 amide bonds. The van der Waals surface area contributed by atoms with Gasteiger partial charge in [-0.15, -0.1) is 0 Å². The Hall–Kier alpha value is -1.05. The van der Waals surface area contributed by atoms with Crippen molar-refractivity contribution in [1.82, 2.24) is 0 Å². The van der Waals surface area contributed by atoms with Crippen LogP contribution in [0.15, 0.2) is 24.3 Å². The molecule has 84 valence electrons. The largest absolute Gasteiger partial charge is 0.458 e. The fraction of sp³-hybridized carbons (Fsp3) is 0.615. The molecule has 1 rings (SSSR count). The second-order valence-corrected chi connectivity index (χ2v) is 4.84. The average molecular weight is 208 g/mol. The lowest BCUT2D eigenvalue weighted by Crippen LogP contribution is -2.39. The average Bonchev–Trinajstić information content (AvgIpc) is 2.12. The predicted octanol–water partition coefficient (Wildman–Crippen LogP) is 3.10. The summed E-state index contributed by atoms with van der Waals surface area (Å²) in [4.78, 5) is 11.4. The van der Waals surface area contributed by atoms with Crippen molar-refractivity contribution < 1.29 is 9.53 Å². The molecule has 0 bridgehead atoms. The molecule has 0 aromatic heterocycles. The van der Waals surface area contributed by atoms with Crippen LogP contribution in [0.3, 0.4) is 0 Å². The maximum absolute atomic E-state index is 11.4. The molecular formula is C13H20O2. The minimum atomic E-state index is -0.238. The van der Waals surface area contributed by atoms with E-state index >= 15 is 0 Å². The zero-order valence-electron chi connectivity index (χ0n) is 9.99. The Morgan fingerprint density at radius 1 is 1.53 bits per heavy atom. The Bertz CT molecular complexity index is 287. The first-order chi connectivity index (χ1) is 6.97. The zero-order chi connectivity index (χ0) is 11.5. The standard InChI is InChI=1S/C13H20O2/c1-5-7-11(14)15-12-10(2)8-6-9-13(12,3)4/h5-8,10,12H,9H2,1-4H3/b7-5+/t10-,12+/m1/s1. The van der Waals surface area contributed by atoms with E-state index in [2.05, 4.69) is 32.9 Å². The monoisotopic (exact) mass is 208 g/mol. The fourth-order valence-corrected chi connectivity index (χ4v) is 2.08. The van der Waals surface area contributed by atoms with Gasteiger partial charge in [-0.2, -0.15) is 0 Å². The van der Waals surface area contributed by atoms with Crippen molar-refractivity contribution in [2.75, 3.05) is 0 Å². The lowest BCUT2D eigenvalue weighted by atomic mass is 9.74. The number of esters is 1. The number of allylic oxidation sites excluding steroid dienone is 2. The second-order valence-electron chi connectivity index (χ2n) is 4.84. The van der Waals surface area contributed by atoms with Gasteiger partial charge in [-0.25, -0.2) is 4.79 Å². The van der Waals surface area contributed by atoms with E-state index in [4.69, 9.17) is 4.74 Å². The van der Waals surface area contributed by atoms with E-state index in [-0.39, 0.29) is 17.5 Å². The highest BCUT2D eigenvalue weighted by Crippen LogP contribution is 2.37. The molecule has 0 unspecified atom stereocenters. The summed E-state index contributed by atoms with van der Waals surface area (Å²) in [5.41, 5.74) is 0.0331. The number of ether oxygens (including phenoxy) is 1. The summed E-state index contributed by atoms with van der Waals surface area (Å²) in [7, 11) is 0. The van der Waals surface area contributed by atoms with Crippen LogP contribution in [0.1, 0.15) is 34.1 Å². The maximum atomic E-state index is 11.4. The van der Waals surface area contributed by atoms with Gasteiger partial charge in [-0.1, -0.05) is 39.0 Å². The highest BCUT2D eigenvalue weighted by Gasteiger charge is 2.37. The van der Waals surface area contributed by atoms with Crippen molar-refractivity contribution in [2.45, 2.75) is 40.2 Å². The number of carbonyl (C=O) groups excluding carboxylic acids is 1. The number of carbonyl (C=O) groups is 1. The SMILES string of the molecule is C/C=C/C(=O)O[C@H]1[C@H](C)C=CCC1(C)C. The van der Waals surface area contributed by atoms with Crippen molar-refractivity contribution >= 4 is 5.97 Å². The van der Waals surface area contributed by atoms with E-state index in [0.717, 1.165) is 6.42 Å². The molecule has 0 aliphatic heterocycles. The Labute approximate surface area is 92.0 Å². The van der Waals surface area contributed by atoms with Gasteiger partial charge in [0, 0.05) is 17.4 Å². The molecule has 1 aliphatic carbocycles. The first-order valence-corrected chi connectivity index (χ1v) is 5.47.